The minimum atomic E-state index is -3.12. The van der Waals surface area contributed by atoms with Gasteiger partial charge in [0, 0.05) is 6.04 Å². The number of hydrogen-bond acceptors (Lipinski definition) is 5. The number of sulfone groups is 1. The minimum Gasteiger partial charge on any atom is -0.351 e. The molecule has 0 bridgehead atoms. The minimum absolute atomic E-state index is 0.0349. The SMILES string of the molecule is C[C@@]1(c2ccccc2)NC(=O)N(CC(=O)N[C@@H]2CCS(=O)(=O)C2)C1=O. The second-order valence-corrected chi connectivity index (χ2v) is 8.71. The number of carbonyl (C=O) groups is 3. The third-order valence-corrected chi connectivity index (χ3v) is 6.29. The Bertz CT molecular complexity index is 823. The Hall–Kier alpha value is -2.42. The van der Waals surface area contributed by atoms with Crippen molar-refractivity contribution in [1.82, 2.24) is 15.5 Å². The molecule has 2 aliphatic rings. The van der Waals surface area contributed by atoms with E-state index in [4.69, 9.17) is 0 Å². The van der Waals surface area contributed by atoms with E-state index < -0.39 is 45.8 Å². The zero-order valence-electron chi connectivity index (χ0n) is 13.7. The Balaban J connectivity index is 1.68. The molecule has 0 radical (unpaired) electrons. The maximum Gasteiger partial charge on any atom is 0.325 e. The van der Waals surface area contributed by atoms with Gasteiger partial charge in [0.2, 0.25) is 5.91 Å². The van der Waals surface area contributed by atoms with Crippen molar-refractivity contribution in [2.75, 3.05) is 18.1 Å². The van der Waals surface area contributed by atoms with E-state index in [0.29, 0.717) is 12.0 Å². The molecule has 0 unspecified atom stereocenters. The van der Waals surface area contributed by atoms with Crippen LogP contribution in [0.5, 0.6) is 0 Å². The zero-order valence-corrected chi connectivity index (χ0v) is 14.5. The molecule has 0 saturated carbocycles. The molecule has 25 heavy (non-hydrogen) atoms. The van der Waals surface area contributed by atoms with Gasteiger partial charge < -0.3 is 10.6 Å². The summed E-state index contributed by atoms with van der Waals surface area (Å²) in [6.07, 6.45) is 0.343. The topological polar surface area (TPSA) is 113 Å². The number of nitrogens with zero attached hydrogens (tertiary/aromatic N) is 1. The van der Waals surface area contributed by atoms with Gasteiger partial charge in [-0.05, 0) is 18.9 Å². The summed E-state index contributed by atoms with van der Waals surface area (Å²) < 4.78 is 22.9. The fraction of sp³-hybridized carbons (Fsp3) is 0.438. The van der Waals surface area contributed by atoms with Gasteiger partial charge in [0.05, 0.1) is 11.5 Å². The highest BCUT2D eigenvalue weighted by Gasteiger charge is 2.49. The first-order valence-corrected chi connectivity index (χ1v) is 9.73. The molecule has 1 aromatic rings. The summed E-state index contributed by atoms with van der Waals surface area (Å²) in [5, 5.41) is 5.20. The van der Waals surface area contributed by atoms with Crippen molar-refractivity contribution in [1.29, 1.82) is 0 Å². The van der Waals surface area contributed by atoms with Crippen LogP contribution in [-0.4, -0.2) is 55.3 Å². The fourth-order valence-corrected chi connectivity index (χ4v) is 4.81. The number of rotatable bonds is 4. The molecule has 0 aliphatic carbocycles. The molecule has 0 spiro atoms. The molecule has 2 N–H and O–H groups in total. The van der Waals surface area contributed by atoms with Crippen LogP contribution in [0, 0.1) is 0 Å². The van der Waals surface area contributed by atoms with E-state index in [2.05, 4.69) is 10.6 Å². The summed E-state index contributed by atoms with van der Waals surface area (Å²) in [6, 6.07) is 7.65. The van der Waals surface area contributed by atoms with Crippen molar-refractivity contribution >= 4 is 27.7 Å². The van der Waals surface area contributed by atoms with Crippen LogP contribution in [0.15, 0.2) is 30.3 Å². The molecule has 8 nitrogen and oxygen atoms in total. The van der Waals surface area contributed by atoms with Crippen LogP contribution in [0.1, 0.15) is 18.9 Å². The normalized spacial score (nSPS) is 28.0. The van der Waals surface area contributed by atoms with Gasteiger partial charge in [-0.15, -0.1) is 0 Å². The van der Waals surface area contributed by atoms with Crippen LogP contribution in [0.25, 0.3) is 0 Å². The van der Waals surface area contributed by atoms with Crippen LogP contribution in [0.4, 0.5) is 4.79 Å². The number of urea groups is 1. The third-order valence-electron chi connectivity index (χ3n) is 4.53. The van der Waals surface area contributed by atoms with Crippen molar-refractivity contribution in [3.63, 3.8) is 0 Å². The Morgan fingerprint density at radius 3 is 2.60 bits per heavy atom. The summed E-state index contributed by atoms with van der Waals surface area (Å²) in [5.41, 5.74) is -0.604. The van der Waals surface area contributed by atoms with E-state index in [9.17, 15) is 22.8 Å². The number of amides is 4. The Morgan fingerprint density at radius 2 is 2.00 bits per heavy atom. The van der Waals surface area contributed by atoms with Gasteiger partial charge in [0.25, 0.3) is 5.91 Å². The molecule has 2 atom stereocenters. The van der Waals surface area contributed by atoms with Crippen LogP contribution in [-0.2, 0) is 25.0 Å². The smallest absolute Gasteiger partial charge is 0.325 e. The van der Waals surface area contributed by atoms with Gasteiger partial charge in [-0.2, -0.15) is 0 Å². The first-order valence-electron chi connectivity index (χ1n) is 7.91. The standard InChI is InChI=1S/C16H19N3O5S/c1-16(11-5-3-2-4-6-11)14(21)19(15(22)18-16)9-13(20)17-12-7-8-25(23,24)10-12/h2-6,12H,7-10H2,1H3,(H,17,20)(H,18,22)/t12-,16+/m1/s1. The fourth-order valence-electron chi connectivity index (χ4n) is 3.13. The quantitative estimate of drug-likeness (QED) is 0.715. The lowest BCUT2D eigenvalue weighted by Gasteiger charge is -2.22. The third kappa shape index (κ3) is 3.37. The summed E-state index contributed by atoms with van der Waals surface area (Å²) in [4.78, 5) is 37.8. The van der Waals surface area contributed by atoms with Crippen molar-refractivity contribution in [3.05, 3.63) is 35.9 Å². The number of imide groups is 1. The molecule has 2 fully saturated rings. The molecule has 2 saturated heterocycles. The Labute approximate surface area is 145 Å². The van der Waals surface area contributed by atoms with Crippen LogP contribution < -0.4 is 10.6 Å². The molecule has 2 aliphatic heterocycles. The van der Waals surface area contributed by atoms with Crippen LogP contribution in [0.2, 0.25) is 0 Å². The van der Waals surface area contributed by atoms with Gasteiger partial charge in [-0.25, -0.2) is 13.2 Å². The average Bonchev–Trinajstić information content (AvgIpc) is 3.00. The Morgan fingerprint density at radius 1 is 1.32 bits per heavy atom. The van der Waals surface area contributed by atoms with E-state index in [1.54, 1.807) is 37.3 Å². The predicted molar refractivity (Wildman–Crippen MR) is 89.2 cm³/mol. The van der Waals surface area contributed by atoms with E-state index in [1.165, 1.54) is 0 Å². The lowest BCUT2D eigenvalue weighted by molar-refractivity contribution is -0.135. The number of hydrogen-bond donors (Lipinski definition) is 2. The van der Waals surface area contributed by atoms with Gasteiger partial charge >= 0.3 is 6.03 Å². The van der Waals surface area contributed by atoms with Gasteiger partial charge in [-0.3, -0.25) is 14.5 Å². The van der Waals surface area contributed by atoms with E-state index >= 15 is 0 Å². The van der Waals surface area contributed by atoms with Gasteiger partial charge in [-0.1, -0.05) is 30.3 Å². The van der Waals surface area contributed by atoms with Crippen LogP contribution in [0.3, 0.4) is 0 Å². The second-order valence-electron chi connectivity index (χ2n) is 6.48. The molecule has 134 valence electrons. The molecular weight excluding hydrogens is 346 g/mol. The van der Waals surface area contributed by atoms with Crippen LogP contribution >= 0.6 is 0 Å². The highest BCUT2D eigenvalue weighted by Crippen LogP contribution is 2.28. The second kappa shape index (κ2) is 6.14. The maximum atomic E-state index is 12.7. The van der Waals surface area contributed by atoms with Crippen molar-refractivity contribution < 1.29 is 22.8 Å². The first kappa shape index (κ1) is 17.4. The lowest BCUT2D eigenvalue weighted by atomic mass is 9.92. The number of benzene rings is 1. The highest BCUT2D eigenvalue weighted by atomic mass is 32.2. The highest BCUT2D eigenvalue weighted by molar-refractivity contribution is 7.91. The molecule has 0 aromatic heterocycles. The van der Waals surface area contributed by atoms with Crippen molar-refractivity contribution in [3.8, 4) is 0 Å². The molecule has 2 heterocycles. The predicted octanol–water partition coefficient (Wildman–Crippen LogP) is -0.243. The molecule has 1 aromatic carbocycles. The van der Waals surface area contributed by atoms with Crippen molar-refractivity contribution in [2.45, 2.75) is 24.9 Å². The van der Waals surface area contributed by atoms with E-state index in [-0.39, 0.29) is 11.5 Å². The molecule has 3 rings (SSSR count). The van der Waals surface area contributed by atoms with Gasteiger partial charge in [0.1, 0.15) is 12.1 Å². The van der Waals surface area contributed by atoms with E-state index in [1.807, 2.05) is 0 Å². The largest absolute Gasteiger partial charge is 0.351 e. The van der Waals surface area contributed by atoms with Gasteiger partial charge in [0.15, 0.2) is 9.84 Å². The molecule has 9 heteroatoms. The summed E-state index contributed by atoms with van der Waals surface area (Å²) in [5.74, 6) is -1.14. The zero-order chi connectivity index (χ0) is 18.2. The summed E-state index contributed by atoms with van der Waals surface area (Å²) in [7, 11) is -3.12. The first-order chi connectivity index (χ1) is 11.7. The molecule has 4 amide bonds. The lowest BCUT2D eigenvalue weighted by Crippen LogP contribution is -2.45. The maximum absolute atomic E-state index is 12.7. The molecular formula is C16H19N3O5S. The number of nitrogens with one attached hydrogen (secondary N) is 2. The summed E-state index contributed by atoms with van der Waals surface area (Å²) >= 11 is 0. The average molecular weight is 365 g/mol. The summed E-state index contributed by atoms with van der Waals surface area (Å²) in [6.45, 7) is 1.15. The van der Waals surface area contributed by atoms with E-state index in [0.717, 1.165) is 4.90 Å². The van der Waals surface area contributed by atoms with Crippen molar-refractivity contribution in [2.24, 2.45) is 0 Å². The Kier molecular flexibility index (Phi) is 4.28. The number of carbonyl (C=O) groups excluding carboxylic acids is 3. The monoisotopic (exact) mass is 365 g/mol.